The number of esters is 1. The Hall–Kier alpha value is -2.50. The molecular formula is C20H30N4O5SSi. The van der Waals surface area contributed by atoms with Crippen molar-refractivity contribution in [2.75, 3.05) is 13.7 Å². The second-order valence-electron chi connectivity index (χ2n) is 8.36. The first-order chi connectivity index (χ1) is 14.4. The number of carbonyl (C=O) groups is 1. The van der Waals surface area contributed by atoms with Crippen molar-refractivity contribution in [1.29, 1.82) is 0 Å². The Balaban J connectivity index is 2.22. The number of nitrogens with zero attached hydrogens (tertiary/aromatic N) is 3. The van der Waals surface area contributed by atoms with Crippen LogP contribution in [-0.2, 0) is 26.2 Å². The van der Waals surface area contributed by atoms with Gasteiger partial charge < -0.3 is 9.47 Å². The number of hydrogen-bond donors (Lipinski definition) is 1. The molecule has 0 unspecified atom stereocenters. The van der Waals surface area contributed by atoms with E-state index in [9.17, 15) is 13.2 Å². The first-order valence-corrected chi connectivity index (χ1v) is 15.0. The number of aryl methyl sites for hydroxylation is 1. The van der Waals surface area contributed by atoms with Crippen LogP contribution in [0.3, 0.4) is 0 Å². The van der Waals surface area contributed by atoms with Crippen molar-refractivity contribution in [3.05, 3.63) is 47.3 Å². The Bertz CT molecular complexity index is 1040. The van der Waals surface area contributed by atoms with Crippen molar-refractivity contribution in [2.45, 2.75) is 51.2 Å². The van der Waals surface area contributed by atoms with Gasteiger partial charge in [0, 0.05) is 20.7 Å². The summed E-state index contributed by atoms with van der Waals surface area (Å²) in [6.45, 7) is 10.9. The maximum atomic E-state index is 12.5. The Morgan fingerprint density at radius 2 is 1.87 bits per heavy atom. The second-order valence-corrected chi connectivity index (χ2v) is 15.6. The van der Waals surface area contributed by atoms with Gasteiger partial charge in [-0.3, -0.25) is 0 Å². The SMILES string of the molecule is COC(=O)c1cc(/C(C)=N/NS(=O)(=O)c2ccc(C)cc2)n(COCC[Si](C)(C)C)n1. The van der Waals surface area contributed by atoms with E-state index in [-0.39, 0.29) is 17.3 Å². The number of sulfonamides is 1. The standard InChI is InChI=1S/C20H30N4O5SSi/c1-15-7-9-17(10-8-15)30(26,27)23-21-16(2)19-13-18(20(25)28-3)22-24(19)14-29-11-12-31(4,5)6/h7-10,13,23H,11-12,14H2,1-6H3/b21-16+. The summed E-state index contributed by atoms with van der Waals surface area (Å²) in [5, 5.41) is 8.23. The summed E-state index contributed by atoms with van der Waals surface area (Å²) in [5.41, 5.74) is 1.81. The lowest BCUT2D eigenvalue weighted by Gasteiger charge is -2.15. The van der Waals surface area contributed by atoms with E-state index >= 15 is 0 Å². The lowest BCUT2D eigenvalue weighted by atomic mass is 10.2. The third-order valence-electron chi connectivity index (χ3n) is 4.42. The lowest BCUT2D eigenvalue weighted by molar-refractivity contribution is 0.0582. The molecule has 0 atom stereocenters. The molecule has 2 rings (SSSR count). The minimum Gasteiger partial charge on any atom is -0.464 e. The Kier molecular flexibility index (Phi) is 8.15. The van der Waals surface area contributed by atoms with Gasteiger partial charge in [-0.15, -0.1) is 0 Å². The number of ether oxygens (including phenoxy) is 2. The van der Waals surface area contributed by atoms with Crippen LogP contribution < -0.4 is 4.83 Å². The molecule has 0 aliphatic carbocycles. The molecule has 0 bridgehead atoms. The molecule has 1 heterocycles. The monoisotopic (exact) mass is 466 g/mol. The highest BCUT2D eigenvalue weighted by molar-refractivity contribution is 7.89. The zero-order chi connectivity index (χ0) is 23.2. The van der Waals surface area contributed by atoms with E-state index in [0.717, 1.165) is 11.6 Å². The number of benzene rings is 1. The van der Waals surface area contributed by atoms with Crippen LogP contribution >= 0.6 is 0 Å². The van der Waals surface area contributed by atoms with E-state index in [4.69, 9.17) is 9.47 Å². The van der Waals surface area contributed by atoms with Crippen LogP contribution in [0.2, 0.25) is 25.7 Å². The molecule has 0 radical (unpaired) electrons. The van der Waals surface area contributed by atoms with E-state index in [1.807, 2.05) is 6.92 Å². The molecule has 2 aromatic rings. The zero-order valence-corrected chi connectivity index (χ0v) is 20.6. The lowest BCUT2D eigenvalue weighted by Crippen LogP contribution is -2.23. The molecule has 0 aliphatic rings. The van der Waals surface area contributed by atoms with Crippen molar-refractivity contribution >= 4 is 29.8 Å². The highest BCUT2D eigenvalue weighted by Crippen LogP contribution is 2.12. The zero-order valence-electron chi connectivity index (χ0n) is 18.8. The minimum atomic E-state index is -3.83. The number of nitrogens with one attached hydrogen (secondary N) is 1. The van der Waals surface area contributed by atoms with E-state index in [1.54, 1.807) is 19.1 Å². The molecule has 9 nitrogen and oxygen atoms in total. The highest BCUT2D eigenvalue weighted by Gasteiger charge is 2.19. The average Bonchev–Trinajstić information content (AvgIpc) is 3.13. The quantitative estimate of drug-likeness (QED) is 0.189. The van der Waals surface area contributed by atoms with Gasteiger partial charge in [-0.25, -0.2) is 9.48 Å². The molecule has 0 aliphatic heterocycles. The fourth-order valence-corrected chi connectivity index (χ4v) is 4.11. The summed E-state index contributed by atoms with van der Waals surface area (Å²) in [6, 6.07) is 8.91. The average molecular weight is 467 g/mol. The van der Waals surface area contributed by atoms with Crippen molar-refractivity contribution in [2.24, 2.45) is 5.10 Å². The van der Waals surface area contributed by atoms with E-state index in [1.165, 1.54) is 30.0 Å². The third kappa shape index (κ3) is 7.30. The van der Waals surface area contributed by atoms with Gasteiger partial charge in [0.25, 0.3) is 10.0 Å². The maximum Gasteiger partial charge on any atom is 0.358 e. The third-order valence-corrected chi connectivity index (χ3v) is 7.35. The summed E-state index contributed by atoms with van der Waals surface area (Å²) in [7, 11) is -3.81. The molecule has 1 aromatic carbocycles. The van der Waals surface area contributed by atoms with E-state index < -0.39 is 24.1 Å². The van der Waals surface area contributed by atoms with Crippen LogP contribution in [-0.4, -0.2) is 51.7 Å². The van der Waals surface area contributed by atoms with Gasteiger partial charge in [0.1, 0.15) is 6.73 Å². The molecule has 1 aromatic heterocycles. The van der Waals surface area contributed by atoms with Crippen LogP contribution in [0.25, 0.3) is 0 Å². The number of carbonyl (C=O) groups excluding carboxylic acids is 1. The van der Waals surface area contributed by atoms with E-state index in [2.05, 4.69) is 34.7 Å². The predicted octanol–water partition coefficient (Wildman–Crippen LogP) is 2.99. The first-order valence-electron chi connectivity index (χ1n) is 9.80. The fraction of sp³-hybridized carbons (Fsp3) is 0.450. The maximum absolute atomic E-state index is 12.5. The van der Waals surface area contributed by atoms with Gasteiger partial charge in [0.2, 0.25) is 0 Å². The van der Waals surface area contributed by atoms with Gasteiger partial charge in [-0.1, -0.05) is 37.3 Å². The van der Waals surface area contributed by atoms with E-state index in [0.29, 0.717) is 18.0 Å². The normalized spacial score (nSPS) is 12.6. The predicted molar refractivity (Wildman–Crippen MR) is 121 cm³/mol. The Morgan fingerprint density at radius 1 is 1.23 bits per heavy atom. The summed E-state index contributed by atoms with van der Waals surface area (Å²) in [4.78, 5) is 14.2. The van der Waals surface area contributed by atoms with Crippen LogP contribution in [0, 0.1) is 6.92 Å². The molecule has 0 fully saturated rings. The number of aromatic nitrogens is 2. The summed E-state index contributed by atoms with van der Waals surface area (Å²) in [6.07, 6.45) is 0. The van der Waals surface area contributed by atoms with Crippen molar-refractivity contribution < 1.29 is 22.7 Å². The number of methoxy groups -OCH3 is 1. The first kappa shape index (κ1) is 24.8. The molecule has 1 N–H and O–H groups in total. The Morgan fingerprint density at radius 3 is 2.45 bits per heavy atom. The second kappa shape index (κ2) is 10.2. The molecule has 0 amide bonds. The fourth-order valence-electron chi connectivity index (χ4n) is 2.50. The van der Waals surface area contributed by atoms with Gasteiger partial charge in [-0.2, -0.15) is 23.4 Å². The summed E-state index contributed by atoms with van der Waals surface area (Å²) < 4.78 is 36.9. The topological polar surface area (TPSA) is 112 Å². The van der Waals surface area contributed by atoms with Gasteiger partial charge in [0.15, 0.2) is 5.69 Å². The molecule has 0 saturated heterocycles. The largest absolute Gasteiger partial charge is 0.464 e. The highest BCUT2D eigenvalue weighted by atomic mass is 32.2. The van der Waals surface area contributed by atoms with Crippen LogP contribution in [0.15, 0.2) is 40.3 Å². The van der Waals surface area contributed by atoms with Crippen LogP contribution in [0.5, 0.6) is 0 Å². The van der Waals surface area contributed by atoms with Gasteiger partial charge in [0.05, 0.1) is 23.4 Å². The van der Waals surface area contributed by atoms with Gasteiger partial charge >= 0.3 is 5.97 Å². The summed E-state index contributed by atoms with van der Waals surface area (Å²) >= 11 is 0. The summed E-state index contributed by atoms with van der Waals surface area (Å²) in [5.74, 6) is -0.602. The smallest absolute Gasteiger partial charge is 0.358 e. The van der Waals surface area contributed by atoms with Gasteiger partial charge in [-0.05, 0) is 32.0 Å². The van der Waals surface area contributed by atoms with Crippen LogP contribution in [0.4, 0.5) is 0 Å². The molecular weight excluding hydrogens is 436 g/mol. The number of rotatable bonds is 10. The molecule has 0 spiro atoms. The van der Waals surface area contributed by atoms with Crippen LogP contribution in [0.1, 0.15) is 28.7 Å². The van der Waals surface area contributed by atoms with Crippen molar-refractivity contribution in [3.63, 3.8) is 0 Å². The number of hydrogen-bond acceptors (Lipinski definition) is 7. The molecule has 31 heavy (non-hydrogen) atoms. The van der Waals surface area contributed by atoms with Crippen molar-refractivity contribution in [3.8, 4) is 0 Å². The molecule has 170 valence electrons. The Labute approximate surface area is 184 Å². The van der Waals surface area contributed by atoms with Crippen molar-refractivity contribution in [1.82, 2.24) is 14.6 Å². The minimum absolute atomic E-state index is 0.0854. The molecule has 11 heteroatoms. The number of hydrazone groups is 1. The molecule has 0 saturated carbocycles.